The van der Waals surface area contributed by atoms with E-state index in [0.717, 1.165) is 18.4 Å². The largest absolute Gasteiger partial charge is 0.476 e. The van der Waals surface area contributed by atoms with E-state index in [4.69, 9.17) is 5.11 Å². The van der Waals surface area contributed by atoms with Gasteiger partial charge in [0.2, 0.25) is 0 Å². The number of halogens is 1. The van der Waals surface area contributed by atoms with Gasteiger partial charge in [0.1, 0.15) is 0 Å². The summed E-state index contributed by atoms with van der Waals surface area (Å²) in [5.41, 5.74) is 0.312. The van der Waals surface area contributed by atoms with Crippen molar-refractivity contribution < 1.29 is 14.3 Å². The van der Waals surface area contributed by atoms with Gasteiger partial charge >= 0.3 is 5.97 Å². The average Bonchev–Trinajstić information content (AvgIpc) is 2.85. The number of aromatic carboxylic acids is 1. The summed E-state index contributed by atoms with van der Waals surface area (Å²) < 4.78 is 13.0. The first-order valence-electron chi connectivity index (χ1n) is 4.07. The molecule has 1 aromatic heterocycles. The molecule has 13 heavy (non-hydrogen) atoms. The Morgan fingerprint density at radius 3 is 2.77 bits per heavy atom. The van der Waals surface area contributed by atoms with Crippen molar-refractivity contribution in [1.82, 2.24) is 4.98 Å². The minimum Gasteiger partial charge on any atom is -0.476 e. The van der Waals surface area contributed by atoms with Crippen molar-refractivity contribution in [2.45, 2.75) is 18.8 Å². The first kappa shape index (κ1) is 8.16. The van der Waals surface area contributed by atoms with Crippen LogP contribution < -0.4 is 0 Å². The highest BCUT2D eigenvalue weighted by Gasteiger charge is 2.25. The minimum absolute atomic E-state index is 0.393. The molecule has 1 aromatic rings. The Balaban J connectivity index is 2.36. The summed E-state index contributed by atoms with van der Waals surface area (Å²) in [6.45, 7) is 0. The highest BCUT2D eigenvalue weighted by atomic mass is 19.1. The monoisotopic (exact) mass is 181 g/mol. The maximum atomic E-state index is 13.0. The molecule has 0 aliphatic heterocycles. The first-order chi connectivity index (χ1) is 6.18. The maximum Gasteiger partial charge on any atom is 0.357 e. The van der Waals surface area contributed by atoms with Gasteiger partial charge in [0.05, 0.1) is 0 Å². The first-order valence-corrected chi connectivity index (χ1v) is 4.07. The van der Waals surface area contributed by atoms with Crippen LogP contribution in [0.5, 0.6) is 0 Å². The zero-order chi connectivity index (χ0) is 9.42. The summed E-state index contributed by atoms with van der Waals surface area (Å²) >= 11 is 0. The highest BCUT2D eigenvalue weighted by Crippen LogP contribution is 2.39. The summed E-state index contributed by atoms with van der Waals surface area (Å²) in [6.07, 6.45) is 3.55. The van der Waals surface area contributed by atoms with E-state index >= 15 is 0 Å². The Bertz CT molecular complexity index is 361. The van der Waals surface area contributed by atoms with E-state index in [0.29, 0.717) is 5.92 Å². The third-order valence-corrected chi connectivity index (χ3v) is 2.11. The van der Waals surface area contributed by atoms with Crippen molar-refractivity contribution in [2.24, 2.45) is 0 Å². The van der Waals surface area contributed by atoms with Crippen molar-refractivity contribution in [2.75, 3.05) is 0 Å². The molecule has 0 aromatic carbocycles. The molecule has 0 amide bonds. The average molecular weight is 181 g/mol. The van der Waals surface area contributed by atoms with Crippen LogP contribution in [0.15, 0.2) is 12.3 Å². The number of pyridine rings is 1. The van der Waals surface area contributed by atoms with E-state index in [1.54, 1.807) is 0 Å². The molecule has 1 saturated carbocycles. The number of hydrogen-bond acceptors (Lipinski definition) is 2. The van der Waals surface area contributed by atoms with Crippen LogP contribution in [0.25, 0.3) is 0 Å². The summed E-state index contributed by atoms with van der Waals surface area (Å²) in [6, 6.07) is 1.27. The van der Waals surface area contributed by atoms with Crippen LogP contribution in [0.4, 0.5) is 4.39 Å². The highest BCUT2D eigenvalue weighted by molar-refractivity contribution is 5.85. The Morgan fingerprint density at radius 1 is 1.62 bits per heavy atom. The molecule has 68 valence electrons. The number of carbonyl (C=O) groups is 1. The quantitative estimate of drug-likeness (QED) is 0.756. The van der Waals surface area contributed by atoms with Gasteiger partial charge in [0.25, 0.3) is 0 Å². The lowest BCUT2D eigenvalue weighted by Gasteiger charge is -1.99. The van der Waals surface area contributed by atoms with Gasteiger partial charge in [-0.2, -0.15) is 0 Å². The predicted octanol–water partition coefficient (Wildman–Crippen LogP) is 1.80. The number of carboxylic acids is 1. The van der Waals surface area contributed by atoms with E-state index in [1.165, 1.54) is 12.3 Å². The normalized spacial score (nSPS) is 15.8. The van der Waals surface area contributed by atoms with Gasteiger partial charge in [-0.1, -0.05) is 0 Å². The smallest absolute Gasteiger partial charge is 0.357 e. The predicted molar refractivity (Wildman–Crippen MR) is 43.1 cm³/mol. The number of aromatic nitrogens is 1. The van der Waals surface area contributed by atoms with Crippen LogP contribution in [-0.4, -0.2) is 16.1 Å². The van der Waals surface area contributed by atoms with E-state index in [2.05, 4.69) is 4.98 Å². The fraction of sp³-hybridized carbons (Fsp3) is 0.333. The molecule has 3 nitrogen and oxygen atoms in total. The topological polar surface area (TPSA) is 50.2 Å². The van der Waals surface area contributed by atoms with Gasteiger partial charge in [-0.3, -0.25) is 0 Å². The minimum atomic E-state index is -1.32. The second-order valence-electron chi connectivity index (χ2n) is 3.18. The molecular weight excluding hydrogens is 173 g/mol. The fourth-order valence-corrected chi connectivity index (χ4v) is 1.25. The molecule has 2 rings (SSSR count). The van der Waals surface area contributed by atoms with Crippen molar-refractivity contribution in [1.29, 1.82) is 0 Å². The number of carboxylic acid groups (broad SMARTS) is 1. The number of hydrogen-bond donors (Lipinski definition) is 1. The molecule has 0 spiro atoms. The Morgan fingerprint density at radius 2 is 2.31 bits per heavy atom. The molecule has 0 atom stereocenters. The number of nitrogens with zero attached hydrogens (tertiary/aromatic N) is 1. The molecule has 0 saturated heterocycles. The van der Waals surface area contributed by atoms with E-state index in [1.807, 2.05) is 0 Å². The lowest BCUT2D eigenvalue weighted by atomic mass is 10.2. The Hall–Kier alpha value is -1.45. The lowest BCUT2D eigenvalue weighted by Crippen LogP contribution is -2.04. The Labute approximate surface area is 74.2 Å². The molecule has 1 aliphatic rings. The van der Waals surface area contributed by atoms with Crippen molar-refractivity contribution in [3.8, 4) is 0 Å². The standard InChI is InChI=1S/C9H8FNO2/c10-7-3-6(5-1-2-5)4-11-8(7)9(12)13/h3-5H,1-2H2,(H,12,13). The van der Waals surface area contributed by atoms with Crippen molar-refractivity contribution in [3.63, 3.8) is 0 Å². The maximum absolute atomic E-state index is 13.0. The van der Waals surface area contributed by atoms with E-state index in [-0.39, 0.29) is 0 Å². The molecule has 1 fully saturated rings. The summed E-state index contributed by atoms with van der Waals surface area (Å²) in [5, 5.41) is 8.51. The fourth-order valence-electron chi connectivity index (χ4n) is 1.25. The van der Waals surface area contributed by atoms with Crippen LogP contribution in [0.1, 0.15) is 34.8 Å². The zero-order valence-electron chi connectivity index (χ0n) is 6.83. The van der Waals surface area contributed by atoms with Crippen LogP contribution >= 0.6 is 0 Å². The molecule has 1 N–H and O–H groups in total. The van der Waals surface area contributed by atoms with E-state index < -0.39 is 17.5 Å². The second kappa shape index (κ2) is 2.80. The van der Waals surface area contributed by atoms with Gasteiger partial charge < -0.3 is 5.11 Å². The molecule has 0 radical (unpaired) electrons. The molecular formula is C9H8FNO2. The molecule has 1 heterocycles. The number of rotatable bonds is 2. The van der Waals surface area contributed by atoms with Crippen LogP contribution in [-0.2, 0) is 0 Å². The second-order valence-corrected chi connectivity index (χ2v) is 3.18. The molecule has 4 heteroatoms. The summed E-state index contributed by atoms with van der Waals surface area (Å²) in [5.74, 6) is -1.67. The third-order valence-electron chi connectivity index (χ3n) is 2.11. The van der Waals surface area contributed by atoms with Gasteiger partial charge in [0, 0.05) is 6.20 Å². The SMILES string of the molecule is O=C(O)c1ncc(C2CC2)cc1F. The van der Waals surface area contributed by atoms with Gasteiger partial charge in [-0.25, -0.2) is 14.2 Å². The molecule has 0 bridgehead atoms. The van der Waals surface area contributed by atoms with Gasteiger partial charge in [0.15, 0.2) is 11.5 Å². The third kappa shape index (κ3) is 1.52. The van der Waals surface area contributed by atoms with E-state index in [9.17, 15) is 9.18 Å². The molecule has 1 aliphatic carbocycles. The van der Waals surface area contributed by atoms with Gasteiger partial charge in [-0.15, -0.1) is 0 Å². The van der Waals surface area contributed by atoms with Crippen LogP contribution in [0.2, 0.25) is 0 Å². The van der Waals surface area contributed by atoms with Crippen LogP contribution in [0.3, 0.4) is 0 Å². The zero-order valence-corrected chi connectivity index (χ0v) is 6.83. The van der Waals surface area contributed by atoms with Crippen molar-refractivity contribution >= 4 is 5.97 Å². The summed E-state index contributed by atoms with van der Waals surface area (Å²) in [7, 11) is 0. The summed E-state index contributed by atoms with van der Waals surface area (Å²) in [4.78, 5) is 14.0. The lowest BCUT2D eigenvalue weighted by molar-refractivity contribution is 0.0685. The molecule has 0 unspecified atom stereocenters. The Kier molecular flexibility index (Phi) is 1.76. The van der Waals surface area contributed by atoms with Gasteiger partial charge in [-0.05, 0) is 30.4 Å². The van der Waals surface area contributed by atoms with Crippen molar-refractivity contribution in [3.05, 3.63) is 29.3 Å². The van der Waals surface area contributed by atoms with Crippen LogP contribution in [0, 0.1) is 5.82 Å².